The summed E-state index contributed by atoms with van der Waals surface area (Å²) in [5, 5.41) is 19.6. The van der Waals surface area contributed by atoms with Crippen molar-refractivity contribution < 1.29 is 19.7 Å². The number of hydrogen-bond donors (Lipinski definition) is 2. The lowest BCUT2D eigenvalue weighted by molar-refractivity contribution is -0.124. The number of pyridine rings is 1. The first kappa shape index (κ1) is 28.0. The summed E-state index contributed by atoms with van der Waals surface area (Å²) in [4.78, 5) is 21.6. The van der Waals surface area contributed by atoms with Gasteiger partial charge in [-0.05, 0) is 105 Å². The highest BCUT2D eigenvalue weighted by atomic mass is 16.5. The Hall–Kier alpha value is -3.78. The molecule has 0 unspecified atom stereocenters. The SMILES string of the molecule is O=C(O)N1CCN(c2ccc(N3CCC(Oc4ccncc4)CC3)cc2)c2ccccc21.OC12CC3CC(CC(C3)C1)C2. The number of ether oxygens (including phenoxy) is 1. The van der Waals surface area contributed by atoms with Gasteiger partial charge in [0.2, 0.25) is 0 Å². The van der Waals surface area contributed by atoms with E-state index in [4.69, 9.17) is 4.74 Å². The topological polar surface area (TPSA) is 89.4 Å². The number of hydrogen-bond acceptors (Lipinski definition) is 6. The minimum absolute atomic E-state index is 0.200. The standard InChI is InChI=1S/C25H26N4O3.C10H16O/c30-25(31)29-18-17-28(23-3-1-2-4-24(23)29)20-7-5-19(6-8-20)27-15-11-22(12-16-27)32-21-9-13-26-14-10-21;11-10-4-7-1-8(5-10)3-9(2-7)6-10/h1-10,13-14,22H,11-12,15-18H2,(H,30,31);7-9,11H,1-6H2. The van der Waals surface area contributed by atoms with Crippen LogP contribution in [0.15, 0.2) is 73.1 Å². The van der Waals surface area contributed by atoms with Crippen LogP contribution in [0.4, 0.5) is 27.5 Å². The molecular weight excluding hydrogens is 540 g/mol. The van der Waals surface area contributed by atoms with Crippen LogP contribution in [-0.2, 0) is 0 Å². The van der Waals surface area contributed by atoms with Crippen LogP contribution < -0.4 is 19.4 Å². The van der Waals surface area contributed by atoms with E-state index >= 15 is 0 Å². The van der Waals surface area contributed by atoms with Gasteiger partial charge in [0.25, 0.3) is 0 Å². The molecule has 1 aromatic heterocycles. The summed E-state index contributed by atoms with van der Waals surface area (Å²) < 4.78 is 6.08. The van der Waals surface area contributed by atoms with Crippen LogP contribution in [0.25, 0.3) is 0 Å². The van der Waals surface area contributed by atoms with Crippen LogP contribution in [0.1, 0.15) is 51.4 Å². The summed E-state index contributed by atoms with van der Waals surface area (Å²) >= 11 is 0. The maximum Gasteiger partial charge on any atom is 0.411 e. The second-order valence-electron chi connectivity index (χ2n) is 13.2. The highest BCUT2D eigenvalue weighted by Gasteiger charge is 2.49. The molecule has 3 aromatic rings. The van der Waals surface area contributed by atoms with Crippen LogP contribution >= 0.6 is 0 Å². The lowest BCUT2D eigenvalue weighted by Gasteiger charge is -2.54. The van der Waals surface area contributed by atoms with Gasteiger partial charge in [-0.25, -0.2) is 4.79 Å². The van der Waals surface area contributed by atoms with Gasteiger partial charge in [-0.2, -0.15) is 0 Å². The molecule has 4 bridgehead atoms. The van der Waals surface area contributed by atoms with Gasteiger partial charge in [-0.1, -0.05) is 12.1 Å². The van der Waals surface area contributed by atoms with Crippen LogP contribution in [0.3, 0.4) is 0 Å². The van der Waals surface area contributed by atoms with Crippen LogP contribution in [0, 0.1) is 17.8 Å². The van der Waals surface area contributed by atoms with Gasteiger partial charge in [0, 0.05) is 62.8 Å². The molecule has 3 heterocycles. The molecule has 5 fully saturated rings. The minimum Gasteiger partial charge on any atom is -0.490 e. The Bertz CT molecular complexity index is 1370. The van der Waals surface area contributed by atoms with E-state index in [0.29, 0.717) is 13.1 Å². The van der Waals surface area contributed by atoms with Crippen molar-refractivity contribution >= 4 is 28.8 Å². The largest absolute Gasteiger partial charge is 0.490 e. The summed E-state index contributed by atoms with van der Waals surface area (Å²) in [6.45, 7) is 2.98. The second-order valence-corrected chi connectivity index (χ2v) is 13.2. The maximum atomic E-state index is 11.6. The van der Waals surface area contributed by atoms with Gasteiger partial charge in [0.15, 0.2) is 0 Å². The Morgan fingerprint density at radius 3 is 1.93 bits per heavy atom. The van der Waals surface area contributed by atoms with E-state index in [1.807, 2.05) is 36.4 Å². The fraction of sp³-hybridized carbons (Fsp3) is 0.486. The molecule has 2 N–H and O–H groups in total. The van der Waals surface area contributed by atoms with E-state index in [9.17, 15) is 15.0 Å². The summed E-state index contributed by atoms with van der Waals surface area (Å²) in [5.74, 6) is 3.56. The van der Waals surface area contributed by atoms with Crippen molar-refractivity contribution in [3.05, 3.63) is 73.1 Å². The van der Waals surface area contributed by atoms with E-state index in [-0.39, 0.29) is 11.7 Å². The zero-order valence-corrected chi connectivity index (χ0v) is 24.7. The third-order valence-electron chi connectivity index (χ3n) is 10.2. The first-order valence-electron chi connectivity index (χ1n) is 15.9. The highest BCUT2D eigenvalue weighted by Crippen LogP contribution is 2.55. The van der Waals surface area contributed by atoms with E-state index in [2.05, 4.69) is 39.0 Å². The average molecular weight is 583 g/mol. The Balaban J connectivity index is 0.000000225. The maximum absolute atomic E-state index is 11.6. The molecule has 2 aromatic carbocycles. The predicted molar refractivity (Wildman–Crippen MR) is 168 cm³/mol. The molecule has 6 aliphatic rings. The summed E-state index contributed by atoms with van der Waals surface area (Å²) in [6, 6.07) is 20.0. The predicted octanol–water partition coefficient (Wildman–Crippen LogP) is 6.71. The normalized spacial score (nSPS) is 27.7. The summed E-state index contributed by atoms with van der Waals surface area (Å²) in [5.41, 5.74) is 3.72. The molecule has 8 heteroatoms. The molecule has 4 aliphatic carbocycles. The second kappa shape index (κ2) is 11.7. The van der Waals surface area contributed by atoms with Crippen LogP contribution in [0.2, 0.25) is 0 Å². The monoisotopic (exact) mass is 582 g/mol. The third-order valence-corrected chi connectivity index (χ3v) is 10.2. The van der Waals surface area contributed by atoms with Crippen molar-refractivity contribution in [1.82, 2.24) is 4.98 Å². The van der Waals surface area contributed by atoms with E-state index in [1.54, 1.807) is 12.4 Å². The average Bonchev–Trinajstić information content (AvgIpc) is 3.01. The first-order chi connectivity index (χ1) is 20.9. The molecule has 43 heavy (non-hydrogen) atoms. The Labute approximate surface area is 253 Å². The molecule has 1 amide bonds. The van der Waals surface area contributed by atoms with E-state index < -0.39 is 6.09 Å². The smallest absolute Gasteiger partial charge is 0.411 e. The molecule has 226 valence electrons. The van der Waals surface area contributed by atoms with Gasteiger partial charge in [-0.15, -0.1) is 0 Å². The van der Waals surface area contributed by atoms with Crippen molar-refractivity contribution in [3.8, 4) is 5.75 Å². The lowest BCUT2D eigenvalue weighted by Crippen LogP contribution is -2.50. The zero-order chi connectivity index (χ0) is 29.4. The zero-order valence-electron chi connectivity index (χ0n) is 24.7. The Kier molecular flexibility index (Phi) is 7.63. The molecule has 2 aliphatic heterocycles. The van der Waals surface area contributed by atoms with Crippen molar-refractivity contribution in [2.75, 3.05) is 40.9 Å². The fourth-order valence-electron chi connectivity index (χ4n) is 8.58. The number of nitrogens with zero attached hydrogens (tertiary/aromatic N) is 4. The number of para-hydroxylation sites is 2. The molecule has 4 saturated carbocycles. The molecule has 0 atom stereocenters. The van der Waals surface area contributed by atoms with Crippen molar-refractivity contribution in [2.24, 2.45) is 17.8 Å². The molecule has 0 radical (unpaired) electrons. The van der Waals surface area contributed by atoms with Crippen LogP contribution in [0.5, 0.6) is 5.75 Å². The van der Waals surface area contributed by atoms with Gasteiger partial charge in [0.1, 0.15) is 11.9 Å². The Morgan fingerprint density at radius 1 is 0.767 bits per heavy atom. The van der Waals surface area contributed by atoms with E-state index in [1.165, 1.54) is 29.8 Å². The minimum atomic E-state index is -0.913. The first-order valence-corrected chi connectivity index (χ1v) is 15.9. The number of aliphatic hydroxyl groups is 1. The molecule has 1 saturated heterocycles. The van der Waals surface area contributed by atoms with Crippen molar-refractivity contribution in [1.29, 1.82) is 0 Å². The van der Waals surface area contributed by atoms with Gasteiger partial charge in [-0.3, -0.25) is 9.88 Å². The van der Waals surface area contributed by atoms with Gasteiger partial charge in [0.05, 0.1) is 17.0 Å². The molecule has 9 rings (SSSR count). The van der Waals surface area contributed by atoms with Gasteiger partial charge < -0.3 is 24.7 Å². The molecule has 8 nitrogen and oxygen atoms in total. The number of rotatable bonds is 4. The summed E-state index contributed by atoms with van der Waals surface area (Å²) in [7, 11) is 0. The van der Waals surface area contributed by atoms with Crippen LogP contribution in [-0.4, -0.2) is 59.2 Å². The third kappa shape index (κ3) is 6.03. The number of piperidine rings is 1. The number of anilines is 4. The molecular formula is C35H42N4O4. The summed E-state index contributed by atoms with van der Waals surface area (Å²) in [6.07, 6.45) is 12.5. The Morgan fingerprint density at radius 2 is 1.35 bits per heavy atom. The molecule has 0 spiro atoms. The van der Waals surface area contributed by atoms with Gasteiger partial charge >= 0.3 is 6.09 Å². The highest BCUT2D eigenvalue weighted by molar-refractivity contribution is 5.94. The quantitative estimate of drug-likeness (QED) is 0.353. The fourth-order valence-corrected chi connectivity index (χ4v) is 8.58. The number of aromatic nitrogens is 1. The number of amides is 1. The number of carboxylic acid groups (broad SMARTS) is 1. The number of benzene rings is 2. The van der Waals surface area contributed by atoms with E-state index in [0.717, 1.165) is 85.8 Å². The lowest BCUT2D eigenvalue weighted by atomic mass is 9.54. The van der Waals surface area contributed by atoms with Crippen molar-refractivity contribution in [3.63, 3.8) is 0 Å². The number of carbonyl (C=O) groups is 1. The van der Waals surface area contributed by atoms with Crippen molar-refractivity contribution in [2.45, 2.75) is 63.1 Å². The number of fused-ring (bicyclic) bond motifs is 1.